The molecular formula is C19H27ClN4O2. The molecule has 0 bridgehead atoms. The maximum Gasteiger partial charge on any atom is 0.249 e. The van der Waals surface area contributed by atoms with Crippen molar-refractivity contribution >= 4 is 23.3 Å². The number of amides is 1. The molecule has 1 amide bonds. The van der Waals surface area contributed by atoms with E-state index in [1.54, 1.807) is 6.07 Å². The number of anilines is 1. The van der Waals surface area contributed by atoms with E-state index in [4.69, 9.17) is 16.3 Å². The molecule has 1 aliphatic heterocycles. The summed E-state index contributed by atoms with van der Waals surface area (Å²) < 4.78 is 5.56. The Bertz CT molecular complexity index is 659. The highest BCUT2D eigenvalue weighted by Gasteiger charge is 2.31. The van der Waals surface area contributed by atoms with Crippen LogP contribution in [-0.4, -0.2) is 40.7 Å². The quantitative estimate of drug-likeness (QED) is 0.769. The Hall–Kier alpha value is -1.40. The van der Waals surface area contributed by atoms with Crippen LogP contribution < -0.4 is 10.6 Å². The molecule has 0 radical (unpaired) electrons. The summed E-state index contributed by atoms with van der Waals surface area (Å²) in [5, 5.41) is 7.19. The fourth-order valence-electron chi connectivity index (χ4n) is 3.88. The van der Waals surface area contributed by atoms with Crippen LogP contribution in [0, 0.1) is 5.92 Å². The first kappa shape index (κ1) is 18.0. The highest BCUT2D eigenvalue weighted by Crippen LogP contribution is 2.39. The molecule has 2 N–H and O–H groups in total. The molecule has 1 saturated heterocycles. The lowest BCUT2D eigenvalue weighted by atomic mass is 9.91. The maximum absolute atomic E-state index is 12.3. The van der Waals surface area contributed by atoms with Crippen molar-refractivity contribution < 1.29 is 9.53 Å². The number of aromatic nitrogens is 2. The predicted octanol–water partition coefficient (Wildman–Crippen LogP) is 3.27. The van der Waals surface area contributed by atoms with Crippen LogP contribution in [0.4, 0.5) is 5.82 Å². The number of hydrogen-bond acceptors (Lipinski definition) is 5. The van der Waals surface area contributed by atoms with E-state index in [2.05, 4.69) is 27.5 Å². The first-order valence-corrected chi connectivity index (χ1v) is 10.2. The monoisotopic (exact) mass is 378 g/mol. The molecule has 7 heteroatoms. The zero-order valence-corrected chi connectivity index (χ0v) is 16.0. The van der Waals surface area contributed by atoms with Gasteiger partial charge in [-0.25, -0.2) is 9.97 Å². The van der Waals surface area contributed by atoms with Crippen LogP contribution in [0.15, 0.2) is 6.07 Å². The molecule has 0 spiro atoms. The summed E-state index contributed by atoms with van der Waals surface area (Å²) in [7, 11) is 0. The van der Waals surface area contributed by atoms with Crippen molar-refractivity contribution in [2.75, 3.05) is 11.9 Å². The molecule has 3 aliphatic rings. The van der Waals surface area contributed by atoms with Gasteiger partial charge in [-0.05, 0) is 50.9 Å². The van der Waals surface area contributed by atoms with Crippen LogP contribution in [0.25, 0.3) is 0 Å². The molecule has 2 heterocycles. The molecule has 3 fully saturated rings. The molecule has 1 aromatic rings. The molecule has 6 nitrogen and oxygen atoms in total. The highest BCUT2D eigenvalue weighted by molar-refractivity contribution is 6.29. The molecule has 4 rings (SSSR count). The van der Waals surface area contributed by atoms with Gasteiger partial charge in [0.1, 0.15) is 22.9 Å². The normalized spacial score (nSPS) is 31.6. The second-order valence-corrected chi connectivity index (χ2v) is 8.46. The lowest BCUT2D eigenvalue weighted by Gasteiger charge is -2.30. The van der Waals surface area contributed by atoms with Gasteiger partial charge in [0.15, 0.2) is 0 Å². The van der Waals surface area contributed by atoms with Crippen LogP contribution in [0.2, 0.25) is 5.15 Å². The summed E-state index contributed by atoms with van der Waals surface area (Å²) in [6, 6.07) is 2.42. The second-order valence-electron chi connectivity index (χ2n) is 8.07. The van der Waals surface area contributed by atoms with Crippen molar-refractivity contribution in [2.45, 2.75) is 76.0 Å². The molecule has 2 unspecified atom stereocenters. The molecule has 0 aromatic carbocycles. The van der Waals surface area contributed by atoms with Gasteiger partial charge >= 0.3 is 0 Å². The van der Waals surface area contributed by atoms with E-state index >= 15 is 0 Å². The Morgan fingerprint density at radius 3 is 2.54 bits per heavy atom. The van der Waals surface area contributed by atoms with Gasteiger partial charge in [0.2, 0.25) is 5.91 Å². The highest BCUT2D eigenvalue weighted by atomic mass is 35.5. The van der Waals surface area contributed by atoms with Gasteiger partial charge in [-0.1, -0.05) is 18.5 Å². The van der Waals surface area contributed by atoms with Gasteiger partial charge in [-0.15, -0.1) is 0 Å². The van der Waals surface area contributed by atoms with Gasteiger partial charge < -0.3 is 15.4 Å². The number of carbonyl (C=O) groups is 1. The predicted molar refractivity (Wildman–Crippen MR) is 100 cm³/mol. The van der Waals surface area contributed by atoms with Gasteiger partial charge in [0.25, 0.3) is 0 Å². The Morgan fingerprint density at radius 1 is 1.15 bits per heavy atom. The van der Waals surface area contributed by atoms with Gasteiger partial charge in [-0.3, -0.25) is 4.79 Å². The van der Waals surface area contributed by atoms with Crippen molar-refractivity contribution in [2.24, 2.45) is 5.92 Å². The van der Waals surface area contributed by atoms with Crippen molar-refractivity contribution in [3.8, 4) is 0 Å². The van der Waals surface area contributed by atoms with Gasteiger partial charge in [0, 0.05) is 24.1 Å². The standard InChI is InChI=1S/C19H27ClN4O2/c1-11-8-15(26-10-11)19(25)22-14-6-4-13(5-7-14)21-17-9-16(20)23-18(24-17)12-2-3-12/h9,11-15H,2-8,10H2,1H3,(H,22,25)(H,21,23,24). The number of ether oxygens (including phenoxy) is 1. The van der Waals surface area contributed by atoms with Gasteiger partial charge in [-0.2, -0.15) is 0 Å². The zero-order chi connectivity index (χ0) is 18.1. The fourth-order valence-corrected chi connectivity index (χ4v) is 4.07. The first-order chi connectivity index (χ1) is 12.6. The van der Waals surface area contributed by atoms with Crippen molar-refractivity contribution in [1.29, 1.82) is 0 Å². The van der Waals surface area contributed by atoms with E-state index in [1.807, 2.05) is 0 Å². The minimum Gasteiger partial charge on any atom is -0.368 e. The summed E-state index contributed by atoms with van der Waals surface area (Å²) in [6.45, 7) is 2.82. The Balaban J connectivity index is 1.25. The third kappa shape index (κ3) is 4.46. The summed E-state index contributed by atoms with van der Waals surface area (Å²) >= 11 is 6.14. The number of halogens is 1. The van der Waals surface area contributed by atoms with E-state index in [1.165, 1.54) is 0 Å². The lowest BCUT2D eigenvalue weighted by Crippen LogP contribution is -2.44. The zero-order valence-electron chi connectivity index (χ0n) is 15.2. The van der Waals surface area contributed by atoms with Gasteiger partial charge in [0.05, 0.1) is 6.61 Å². The third-order valence-electron chi connectivity index (χ3n) is 5.57. The average Bonchev–Trinajstić information content (AvgIpc) is 3.37. The second kappa shape index (κ2) is 7.69. The van der Waals surface area contributed by atoms with Crippen LogP contribution in [0.1, 0.15) is 63.6 Å². The van der Waals surface area contributed by atoms with Crippen LogP contribution in [-0.2, 0) is 9.53 Å². The average molecular weight is 379 g/mol. The van der Waals surface area contributed by atoms with E-state index < -0.39 is 0 Å². The molecule has 2 atom stereocenters. The largest absolute Gasteiger partial charge is 0.368 e. The van der Waals surface area contributed by atoms with Crippen LogP contribution in [0.3, 0.4) is 0 Å². The van der Waals surface area contributed by atoms with E-state index in [0.717, 1.165) is 56.6 Å². The van der Waals surface area contributed by atoms with Crippen molar-refractivity contribution in [3.05, 3.63) is 17.0 Å². The molecule has 26 heavy (non-hydrogen) atoms. The van der Waals surface area contributed by atoms with E-state index in [-0.39, 0.29) is 18.1 Å². The minimum atomic E-state index is -0.259. The summed E-state index contributed by atoms with van der Waals surface area (Å²) in [5.74, 6) is 2.72. The van der Waals surface area contributed by atoms with Crippen LogP contribution in [0.5, 0.6) is 0 Å². The number of nitrogens with zero attached hydrogens (tertiary/aromatic N) is 2. The summed E-state index contributed by atoms with van der Waals surface area (Å²) in [6.07, 6.45) is 6.85. The smallest absolute Gasteiger partial charge is 0.249 e. The molecule has 1 aromatic heterocycles. The Kier molecular flexibility index (Phi) is 5.32. The fraction of sp³-hybridized carbons (Fsp3) is 0.737. The van der Waals surface area contributed by atoms with E-state index in [9.17, 15) is 4.79 Å². The minimum absolute atomic E-state index is 0.0578. The number of nitrogens with one attached hydrogen (secondary N) is 2. The first-order valence-electron chi connectivity index (χ1n) is 9.80. The SMILES string of the molecule is CC1COC(C(=O)NC2CCC(Nc3cc(Cl)nc(C4CC4)n3)CC2)C1. The van der Waals surface area contributed by atoms with Crippen molar-refractivity contribution in [1.82, 2.24) is 15.3 Å². The molecule has 142 valence electrons. The summed E-state index contributed by atoms with van der Waals surface area (Å²) in [5.41, 5.74) is 0. The third-order valence-corrected chi connectivity index (χ3v) is 5.76. The molecule has 2 saturated carbocycles. The molecule has 2 aliphatic carbocycles. The van der Waals surface area contributed by atoms with E-state index in [0.29, 0.717) is 29.6 Å². The van der Waals surface area contributed by atoms with Crippen LogP contribution >= 0.6 is 11.6 Å². The number of hydrogen-bond donors (Lipinski definition) is 2. The van der Waals surface area contributed by atoms with Crippen molar-refractivity contribution in [3.63, 3.8) is 0 Å². The maximum atomic E-state index is 12.3. The Labute approximate surface area is 159 Å². The number of rotatable bonds is 5. The lowest BCUT2D eigenvalue weighted by molar-refractivity contribution is -0.131. The Morgan fingerprint density at radius 2 is 1.88 bits per heavy atom. The number of carbonyl (C=O) groups excluding carboxylic acids is 1. The molecular weight excluding hydrogens is 352 g/mol. The topological polar surface area (TPSA) is 76.1 Å². The summed E-state index contributed by atoms with van der Waals surface area (Å²) in [4.78, 5) is 21.2.